The first-order chi connectivity index (χ1) is 9.63. The molecule has 3 nitrogen and oxygen atoms in total. The van der Waals surface area contributed by atoms with E-state index >= 15 is 0 Å². The number of hydrogen-bond donors (Lipinski definition) is 1. The Morgan fingerprint density at radius 2 is 2.00 bits per heavy atom. The number of anilines is 1. The summed E-state index contributed by atoms with van der Waals surface area (Å²) in [5.41, 5.74) is 8.54. The van der Waals surface area contributed by atoms with Crippen LogP contribution in [-0.4, -0.2) is 4.98 Å². The van der Waals surface area contributed by atoms with Gasteiger partial charge in [0.25, 0.3) is 0 Å². The molecule has 2 aromatic carbocycles. The van der Waals surface area contributed by atoms with Crippen molar-refractivity contribution in [2.45, 2.75) is 6.92 Å². The molecule has 0 spiro atoms. The van der Waals surface area contributed by atoms with E-state index in [2.05, 4.69) is 20.9 Å². The minimum Gasteiger partial charge on any atom is -0.454 e. The summed E-state index contributed by atoms with van der Waals surface area (Å²) in [6, 6.07) is 13.7. The molecule has 4 heteroatoms. The average molecular weight is 329 g/mol. The summed E-state index contributed by atoms with van der Waals surface area (Å²) in [5, 5.41) is 0.890. The second-order valence-electron chi connectivity index (χ2n) is 4.62. The summed E-state index contributed by atoms with van der Waals surface area (Å²) in [5.74, 6) is 1.41. The second kappa shape index (κ2) is 5.13. The highest BCUT2D eigenvalue weighted by Gasteiger charge is 2.10. The van der Waals surface area contributed by atoms with Crippen LogP contribution in [0.2, 0.25) is 0 Å². The molecule has 0 aliphatic rings. The Morgan fingerprint density at radius 1 is 1.15 bits per heavy atom. The molecule has 0 aliphatic carbocycles. The maximum atomic E-state index is 6.02. The van der Waals surface area contributed by atoms with Crippen LogP contribution in [0.5, 0.6) is 11.5 Å². The number of aryl methyl sites for hydroxylation is 1. The highest BCUT2D eigenvalue weighted by atomic mass is 79.9. The van der Waals surface area contributed by atoms with Crippen LogP contribution in [0.25, 0.3) is 10.9 Å². The van der Waals surface area contributed by atoms with Crippen molar-refractivity contribution in [2.24, 2.45) is 0 Å². The minimum atomic E-state index is 0.525. The minimum absolute atomic E-state index is 0.525. The maximum absolute atomic E-state index is 6.02. The van der Waals surface area contributed by atoms with Crippen LogP contribution in [0.4, 0.5) is 5.69 Å². The first-order valence-corrected chi connectivity index (χ1v) is 7.01. The van der Waals surface area contributed by atoms with Crippen LogP contribution >= 0.6 is 15.9 Å². The van der Waals surface area contributed by atoms with E-state index in [1.54, 1.807) is 6.20 Å². The molecule has 2 N–H and O–H groups in total. The van der Waals surface area contributed by atoms with Gasteiger partial charge in [0.15, 0.2) is 5.75 Å². The van der Waals surface area contributed by atoms with Gasteiger partial charge >= 0.3 is 0 Å². The second-order valence-corrected chi connectivity index (χ2v) is 5.54. The number of rotatable bonds is 2. The van der Waals surface area contributed by atoms with Gasteiger partial charge in [-0.1, -0.05) is 28.1 Å². The Hall–Kier alpha value is -2.07. The third kappa shape index (κ3) is 2.47. The van der Waals surface area contributed by atoms with Gasteiger partial charge in [0.05, 0.1) is 17.4 Å². The van der Waals surface area contributed by atoms with E-state index in [1.807, 2.05) is 49.4 Å². The molecular formula is C16H13BrN2O. The number of nitrogen functional groups attached to an aromatic ring is 1. The molecule has 0 atom stereocenters. The van der Waals surface area contributed by atoms with Crippen LogP contribution in [0, 0.1) is 6.92 Å². The number of hydrogen-bond acceptors (Lipinski definition) is 3. The van der Waals surface area contributed by atoms with Gasteiger partial charge in [0.2, 0.25) is 0 Å². The Labute approximate surface area is 125 Å². The van der Waals surface area contributed by atoms with Crippen molar-refractivity contribution in [3.8, 4) is 11.5 Å². The lowest BCUT2D eigenvalue weighted by Crippen LogP contribution is -1.95. The van der Waals surface area contributed by atoms with E-state index in [9.17, 15) is 0 Å². The van der Waals surface area contributed by atoms with Crippen molar-refractivity contribution in [2.75, 3.05) is 5.73 Å². The number of nitrogens with two attached hydrogens (primary N) is 1. The molecule has 0 unspecified atom stereocenters. The number of pyridine rings is 1. The summed E-state index contributed by atoms with van der Waals surface area (Å²) in [6.45, 7) is 2.03. The van der Waals surface area contributed by atoms with E-state index in [1.165, 1.54) is 0 Å². The molecule has 3 aromatic rings. The Kier molecular flexibility index (Phi) is 3.32. The number of fused-ring (bicyclic) bond motifs is 1. The van der Waals surface area contributed by atoms with E-state index in [0.717, 1.165) is 26.7 Å². The lowest BCUT2D eigenvalue weighted by atomic mass is 10.2. The van der Waals surface area contributed by atoms with E-state index in [0.29, 0.717) is 11.4 Å². The zero-order valence-electron chi connectivity index (χ0n) is 10.9. The third-order valence-corrected chi connectivity index (χ3v) is 3.51. The molecule has 1 aromatic heterocycles. The van der Waals surface area contributed by atoms with Gasteiger partial charge < -0.3 is 10.5 Å². The number of nitrogens with zero attached hydrogens (tertiary/aromatic N) is 1. The fraction of sp³-hybridized carbons (Fsp3) is 0.0625. The molecule has 0 bridgehead atoms. The van der Waals surface area contributed by atoms with Crippen LogP contribution in [0.1, 0.15) is 5.56 Å². The highest BCUT2D eigenvalue weighted by Crippen LogP contribution is 2.35. The fourth-order valence-electron chi connectivity index (χ4n) is 2.07. The predicted octanol–water partition coefficient (Wildman–Crippen LogP) is 4.68. The van der Waals surface area contributed by atoms with Crippen molar-refractivity contribution in [3.05, 3.63) is 58.7 Å². The SMILES string of the molecule is Cc1cccc(Oc2c(N)cnc3ccc(Br)cc23)c1. The molecule has 0 radical (unpaired) electrons. The number of halogens is 1. The maximum Gasteiger partial charge on any atom is 0.161 e. The quantitative estimate of drug-likeness (QED) is 0.742. The molecule has 0 aliphatic heterocycles. The van der Waals surface area contributed by atoms with E-state index in [-0.39, 0.29) is 0 Å². The molecule has 3 rings (SSSR count). The Morgan fingerprint density at radius 3 is 2.80 bits per heavy atom. The first kappa shape index (κ1) is 12.9. The van der Waals surface area contributed by atoms with Gasteiger partial charge in [-0.2, -0.15) is 0 Å². The normalized spacial score (nSPS) is 10.7. The summed E-state index contributed by atoms with van der Waals surface area (Å²) in [7, 11) is 0. The molecule has 0 amide bonds. The topological polar surface area (TPSA) is 48.1 Å². The zero-order valence-corrected chi connectivity index (χ0v) is 12.5. The lowest BCUT2D eigenvalue weighted by molar-refractivity contribution is 0.490. The van der Waals surface area contributed by atoms with Crippen molar-refractivity contribution in [1.82, 2.24) is 4.98 Å². The van der Waals surface area contributed by atoms with Gasteiger partial charge in [-0.15, -0.1) is 0 Å². The highest BCUT2D eigenvalue weighted by molar-refractivity contribution is 9.10. The number of ether oxygens (including phenoxy) is 1. The molecule has 100 valence electrons. The predicted molar refractivity (Wildman–Crippen MR) is 85.1 cm³/mol. The van der Waals surface area contributed by atoms with Crippen molar-refractivity contribution >= 4 is 32.5 Å². The van der Waals surface area contributed by atoms with Gasteiger partial charge in [0, 0.05) is 9.86 Å². The molecule has 0 fully saturated rings. The summed E-state index contributed by atoms with van der Waals surface area (Å²) < 4.78 is 6.94. The molecule has 0 saturated carbocycles. The van der Waals surface area contributed by atoms with Crippen molar-refractivity contribution < 1.29 is 4.74 Å². The summed E-state index contributed by atoms with van der Waals surface area (Å²) in [6.07, 6.45) is 1.63. The third-order valence-electron chi connectivity index (χ3n) is 3.02. The molecular weight excluding hydrogens is 316 g/mol. The van der Waals surface area contributed by atoms with Crippen molar-refractivity contribution in [1.29, 1.82) is 0 Å². The Balaban J connectivity index is 2.14. The standard InChI is InChI=1S/C16H13BrN2O/c1-10-3-2-4-12(7-10)20-16-13-8-11(17)5-6-15(13)19-9-14(16)18/h2-9H,18H2,1H3. The lowest BCUT2D eigenvalue weighted by Gasteiger charge is -2.12. The van der Waals surface area contributed by atoms with Crippen LogP contribution in [-0.2, 0) is 0 Å². The van der Waals surface area contributed by atoms with E-state index in [4.69, 9.17) is 10.5 Å². The fourth-order valence-corrected chi connectivity index (χ4v) is 2.43. The average Bonchev–Trinajstić information content (AvgIpc) is 2.42. The molecule has 1 heterocycles. The smallest absolute Gasteiger partial charge is 0.161 e. The van der Waals surface area contributed by atoms with Crippen molar-refractivity contribution in [3.63, 3.8) is 0 Å². The summed E-state index contributed by atoms with van der Waals surface area (Å²) in [4.78, 5) is 4.32. The largest absolute Gasteiger partial charge is 0.454 e. The number of benzene rings is 2. The van der Waals surface area contributed by atoms with Crippen LogP contribution in [0.15, 0.2) is 53.1 Å². The zero-order chi connectivity index (χ0) is 14.1. The monoisotopic (exact) mass is 328 g/mol. The van der Waals surface area contributed by atoms with Gasteiger partial charge in [0.1, 0.15) is 5.75 Å². The summed E-state index contributed by atoms with van der Waals surface area (Å²) >= 11 is 3.46. The molecule has 0 saturated heterocycles. The first-order valence-electron chi connectivity index (χ1n) is 6.22. The number of aromatic nitrogens is 1. The van der Waals surface area contributed by atoms with Gasteiger partial charge in [-0.25, -0.2) is 0 Å². The van der Waals surface area contributed by atoms with Gasteiger partial charge in [-0.3, -0.25) is 4.98 Å². The van der Waals surface area contributed by atoms with Gasteiger partial charge in [-0.05, 0) is 42.8 Å². The molecule has 20 heavy (non-hydrogen) atoms. The van der Waals surface area contributed by atoms with Crippen LogP contribution in [0.3, 0.4) is 0 Å². The Bertz CT molecular complexity index is 781. The van der Waals surface area contributed by atoms with Crippen LogP contribution < -0.4 is 10.5 Å². The van der Waals surface area contributed by atoms with E-state index < -0.39 is 0 Å².